The number of fused-ring (bicyclic) bond motifs is 1. The molecule has 0 saturated carbocycles. The Labute approximate surface area is 131 Å². The number of halogens is 3. The second kappa shape index (κ2) is 5.10. The number of rotatable bonds is 1. The van der Waals surface area contributed by atoms with Crippen LogP contribution in [0.3, 0.4) is 0 Å². The van der Waals surface area contributed by atoms with Gasteiger partial charge in [0.1, 0.15) is 0 Å². The lowest BCUT2D eigenvalue weighted by Gasteiger charge is -2.17. The summed E-state index contributed by atoms with van der Waals surface area (Å²) in [4.78, 5) is 7.87. The lowest BCUT2D eigenvalue weighted by atomic mass is 10.2. The van der Waals surface area contributed by atoms with Gasteiger partial charge in [0.25, 0.3) is 0 Å². The zero-order chi connectivity index (χ0) is 12.7. The molecule has 94 valence electrons. The normalized spacial score (nSPS) is 23.8. The molecule has 1 aromatic carbocycles. The summed E-state index contributed by atoms with van der Waals surface area (Å²) in [6.07, 6.45) is 1.96. The summed E-state index contributed by atoms with van der Waals surface area (Å²) in [5, 5.41) is 1.17. The molecule has 2 heterocycles. The number of hydrogen-bond donors (Lipinski definition) is 0. The maximum Gasteiger partial charge on any atom is 0.0704 e. The summed E-state index contributed by atoms with van der Waals surface area (Å²) < 4.78 is 1.09. The molecule has 0 amide bonds. The van der Waals surface area contributed by atoms with Gasteiger partial charge in [-0.05, 0) is 24.3 Å². The quantitative estimate of drug-likeness (QED) is 0.620. The SMILES string of the molecule is Brc1ccc2ncc(N3C[C@@H](Br)[C@H](Br)C3)cc2c1. The Hall–Kier alpha value is -0.130. The lowest BCUT2D eigenvalue weighted by molar-refractivity contribution is 0.972. The highest BCUT2D eigenvalue weighted by Gasteiger charge is 2.29. The van der Waals surface area contributed by atoms with Gasteiger partial charge in [-0.15, -0.1) is 0 Å². The van der Waals surface area contributed by atoms with Gasteiger partial charge in [0.05, 0.1) is 17.4 Å². The molecule has 0 spiro atoms. The van der Waals surface area contributed by atoms with Crippen LogP contribution in [-0.4, -0.2) is 27.7 Å². The van der Waals surface area contributed by atoms with E-state index in [1.54, 1.807) is 0 Å². The molecule has 1 saturated heterocycles. The molecule has 2 nitrogen and oxygen atoms in total. The molecule has 0 aliphatic carbocycles. The smallest absolute Gasteiger partial charge is 0.0704 e. The van der Waals surface area contributed by atoms with Crippen LogP contribution in [0.5, 0.6) is 0 Å². The zero-order valence-corrected chi connectivity index (χ0v) is 14.2. The number of nitrogens with zero attached hydrogens (tertiary/aromatic N) is 2. The fourth-order valence-electron chi connectivity index (χ4n) is 2.20. The standard InChI is InChI=1S/C13H11Br3N2/c14-9-1-2-13-8(3-9)4-10(5-17-13)18-6-11(15)12(16)7-18/h1-5,11-12H,6-7H2/t11-,12-/m1/s1. The summed E-state index contributed by atoms with van der Waals surface area (Å²) in [5.74, 6) is 0. The van der Waals surface area contributed by atoms with Gasteiger partial charge in [0.2, 0.25) is 0 Å². The molecule has 0 N–H and O–H groups in total. The number of benzene rings is 1. The molecule has 2 aromatic rings. The number of aromatic nitrogens is 1. The first kappa shape index (κ1) is 12.9. The van der Waals surface area contributed by atoms with Crippen molar-refractivity contribution in [2.45, 2.75) is 9.65 Å². The van der Waals surface area contributed by atoms with E-state index in [-0.39, 0.29) is 0 Å². The second-order valence-electron chi connectivity index (χ2n) is 4.47. The van der Waals surface area contributed by atoms with E-state index in [1.807, 2.05) is 18.3 Å². The molecule has 0 radical (unpaired) electrons. The van der Waals surface area contributed by atoms with Crippen LogP contribution in [-0.2, 0) is 0 Å². The summed E-state index contributed by atoms with van der Waals surface area (Å²) in [6.45, 7) is 2.02. The number of pyridine rings is 1. The van der Waals surface area contributed by atoms with Crippen LogP contribution in [0.4, 0.5) is 5.69 Å². The van der Waals surface area contributed by atoms with Gasteiger partial charge in [-0.2, -0.15) is 0 Å². The predicted molar refractivity (Wildman–Crippen MR) is 87.1 cm³/mol. The average molecular weight is 435 g/mol. The average Bonchev–Trinajstić information content (AvgIpc) is 2.69. The van der Waals surface area contributed by atoms with Gasteiger partial charge >= 0.3 is 0 Å². The van der Waals surface area contributed by atoms with E-state index < -0.39 is 0 Å². The molecule has 0 unspecified atom stereocenters. The Morgan fingerprint density at radius 1 is 1.11 bits per heavy atom. The second-order valence-corrected chi connectivity index (χ2v) is 7.74. The van der Waals surface area contributed by atoms with E-state index in [1.165, 1.54) is 11.1 Å². The van der Waals surface area contributed by atoms with Crippen molar-refractivity contribution >= 4 is 64.4 Å². The summed E-state index contributed by atoms with van der Waals surface area (Å²) >= 11 is 10.9. The molecule has 18 heavy (non-hydrogen) atoms. The molecular weight excluding hydrogens is 424 g/mol. The molecule has 1 aliphatic rings. The summed E-state index contributed by atoms with van der Waals surface area (Å²) in [7, 11) is 0. The monoisotopic (exact) mass is 432 g/mol. The van der Waals surface area contributed by atoms with Gasteiger partial charge in [0.15, 0.2) is 0 Å². The van der Waals surface area contributed by atoms with Gasteiger partial charge < -0.3 is 4.90 Å². The van der Waals surface area contributed by atoms with Crippen molar-refractivity contribution in [1.29, 1.82) is 0 Å². The van der Waals surface area contributed by atoms with Crippen molar-refractivity contribution in [1.82, 2.24) is 4.98 Å². The molecule has 5 heteroatoms. The zero-order valence-electron chi connectivity index (χ0n) is 9.48. The summed E-state index contributed by atoms with van der Waals surface area (Å²) in [6, 6.07) is 8.37. The Bertz CT molecular complexity index is 577. The highest BCUT2D eigenvalue weighted by molar-refractivity contribution is 9.12. The fraction of sp³-hybridized carbons (Fsp3) is 0.308. The van der Waals surface area contributed by atoms with Crippen LogP contribution >= 0.6 is 47.8 Å². The van der Waals surface area contributed by atoms with E-state index in [9.17, 15) is 0 Å². The third-order valence-electron chi connectivity index (χ3n) is 3.18. The minimum atomic E-state index is 0.496. The highest BCUT2D eigenvalue weighted by Crippen LogP contribution is 2.30. The lowest BCUT2D eigenvalue weighted by Crippen LogP contribution is -2.20. The van der Waals surface area contributed by atoms with Gasteiger partial charge in [-0.25, -0.2) is 0 Å². The number of anilines is 1. The minimum Gasteiger partial charge on any atom is -0.368 e. The van der Waals surface area contributed by atoms with Crippen LogP contribution < -0.4 is 4.90 Å². The Morgan fingerprint density at radius 2 is 1.83 bits per heavy atom. The first-order valence-electron chi connectivity index (χ1n) is 5.72. The predicted octanol–water partition coefficient (Wildman–Crippen LogP) is 4.34. The van der Waals surface area contributed by atoms with Crippen LogP contribution in [0.1, 0.15) is 0 Å². The molecule has 2 atom stereocenters. The Morgan fingerprint density at radius 3 is 2.56 bits per heavy atom. The fourth-order valence-corrected chi connectivity index (χ4v) is 3.61. The molecule has 3 rings (SSSR count). The van der Waals surface area contributed by atoms with Crippen molar-refractivity contribution in [2.75, 3.05) is 18.0 Å². The molecular formula is C13H11Br3N2. The van der Waals surface area contributed by atoms with Crippen LogP contribution in [0.25, 0.3) is 10.9 Å². The van der Waals surface area contributed by atoms with Crippen molar-refractivity contribution in [3.63, 3.8) is 0 Å². The van der Waals surface area contributed by atoms with Crippen molar-refractivity contribution in [3.05, 3.63) is 34.9 Å². The Kier molecular flexibility index (Phi) is 3.65. The molecule has 1 aromatic heterocycles. The maximum absolute atomic E-state index is 4.52. The van der Waals surface area contributed by atoms with E-state index in [4.69, 9.17) is 0 Å². The molecule has 0 bridgehead atoms. The summed E-state index contributed by atoms with van der Waals surface area (Å²) in [5.41, 5.74) is 2.22. The van der Waals surface area contributed by atoms with E-state index in [2.05, 4.69) is 69.8 Å². The third-order valence-corrected chi connectivity index (χ3v) is 6.23. The molecule has 1 fully saturated rings. The van der Waals surface area contributed by atoms with E-state index in [0.29, 0.717) is 9.65 Å². The first-order valence-corrected chi connectivity index (χ1v) is 8.34. The van der Waals surface area contributed by atoms with Gasteiger partial charge in [0, 0.05) is 32.6 Å². The topological polar surface area (TPSA) is 16.1 Å². The highest BCUT2D eigenvalue weighted by atomic mass is 79.9. The first-order chi connectivity index (χ1) is 8.63. The number of alkyl halides is 2. The van der Waals surface area contributed by atoms with Crippen molar-refractivity contribution < 1.29 is 0 Å². The van der Waals surface area contributed by atoms with Crippen molar-refractivity contribution in [3.8, 4) is 0 Å². The third kappa shape index (κ3) is 2.45. The van der Waals surface area contributed by atoms with Gasteiger partial charge in [-0.1, -0.05) is 47.8 Å². The Balaban J connectivity index is 1.98. The van der Waals surface area contributed by atoms with Crippen LogP contribution in [0, 0.1) is 0 Å². The van der Waals surface area contributed by atoms with Crippen molar-refractivity contribution in [2.24, 2.45) is 0 Å². The minimum absolute atomic E-state index is 0.496. The van der Waals surface area contributed by atoms with Crippen LogP contribution in [0.15, 0.2) is 34.9 Å². The van der Waals surface area contributed by atoms with Crippen LogP contribution in [0.2, 0.25) is 0 Å². The maximum atomic E-state index is 4.52. The largest absolute Gasteiger partial charge is 0.368 e. The number of hydrogen-bond acceptors (Lipinski definition) is 2. The van der Waals surface area contributed by atoms with E-state index in [0.717, 1.165) is 23.1 Å². The molecule has 1 aliphatic heterocycles. The van der Waals surface area contributed by atoms with Gasteiger partial charge in [-0.3, -0.25) is 4.98 Å². The van der Waals surface area contributed by atoms with E-state index >= 15 is 0 Å².